The van der Waals surface area contributed by atoms with Crippen molar-refractivity contribution < 1.29 is 4.79 Å². The second-order valence-corrected chi connectivity index (χ2v) is 6.51. The van der Waals surface area contributed by atoms with Crippen LogP contribution >= 0.6 is 0 Å². The van der Waals surface area contributed by atoms with E-state index in [1.807, 2.05) is 18.2 Å². The number of para-hydroxylation sites is 1. The fourth-order valence-electron chi connectivity index (χ4n) is 3.18. The lowest BCUT2D eigenvalue weighted by atomic mass is 10.1. The van der Waals surface area contributed by atoms with Crippen molar-refractivity contribution in [2.24, 2.45) is 0 Å². The van der Waals surface area contributed by atoms with Gasteiger partial charge < -0.3 is 10.2 Å². The first-order chi connectivity index (χ1) is 12.2. The van der Waals surface area contributed by atoms with Gasteiger partial charge in [0.05, 0.1) is 0 Å². The third-order valence-electron chi connectivity index (χ3n) is 4.79. The van der Waals surface area contributed by atoms with E-state index in [9.17, 15) is 4.79 Å². The number of anilines is 2. The Morgan fingerprint density at radius 3 is 2.28 bits per heavy atom. The van der Waals surface area contributed by atoms with Gasteiger partial charge in [-0.2, -0.15) is 0 Å². The average molecular weight is 337 g/mol. The topological polar surface area (TPSA) is 35.6 Å². The molecule has 0 aliphatic carbocycles. The summed E-state index contributed by atoms with van der Waals surface area (Å²) in [4.78, 5) is 16.9. The lowest BCUT2D eigenvalue weighted by molar-refractivity contribution is -0.116. The summed E-state index contributed by atoms with van der Waals surface area (Å²) in [5.41, 5.74) is 3.46. The van der Waals surface area contributed by atoms with Crippen LogP contribution in [0, 0.1) is 0 Å². The first-order valence-corrected chi connectivity index (χ1v) is 9.16. The molecule has 1 heterocycles. The highest BCUT2D eigenvalue weighted by Crippen LogP contribution is 2.16. The van der Waals surface area contributed by atoms with Crippen LogP contribution in [0.5, 0.6) is 0 Å². The molecule has 1 aliphatic rings. The van der Waals surface area contributed by atoms with Crippen LogP contribution in [0.4, 0.5) is 11.4 Å². The number of hydrogen-bond donors (Lipinski definition) is 1. The minimum absolute atomic E-state index is 0.0923. The predicted molar refractivity (Wildman–Crippen MR) is 104 cm³/mol. The summed E-state index contributed by atoms with van der Waals surface area (Å²) >= 11 is 0. The molecule has 25 heavy (non-hydrogen) atoms. The van der Waals surface area contributed by atoms with Gasteiger partial charge in [-0.3, -0.25) is 9.69 Å². The largest absolute Gasteiger partial charge is 0.369 e. The van der Waals surface area contributed by atoms with Gasteiger partial charge in [-0.25, -0.2) is 0 Å². The summed E-state index contributed by atoms with van der Waals surface area (Å²) in [5, 5.41) is 2.99. The Morgan fingerprint density at radius 1 is 0.960 bits per heavy atom. The second kappa shape index (κ2) is 8.67. The van der Waals surface area contributed by atoms with Crippen LogP contribution in [0.25, 0.3) is 0 Å². The van der Waals surface area contributed by atoms with Crippen LogP contribution in [0.15, 0.2) is 54.6 Å². The zero-order chi connectivity index (χ0) is 17.5. The molecule has 3 rings (SSSR count). The lowest BCUT2D eigenvalue weighted by Gasteiger charge is -2.36. The van der Waals surface area contributed by atoms with Crippen molar-refractivity contribution in [1.82, 2.24) is 4.90 Å². The summed E-state index contributed by atoms with van der Waals surface area (Å²) < 4.78 is 0. The molecular formula is C21H27N3O. The maximum absolute atomic E-state index is 12.1. The molecule has 1 amide bonds. The van der Waals surface area contributed by atoms with Crippen LogP contribution < -0.4 is 10.2 Å². The highest BCUT2D eigenvalue weighted by atomic mass is 16.1. The van der Waals surface area contributed by atoms with Crippen LogP contribution in [0.1, 0.15) is 18.9 Å². The van der Waals surface area contributed by atoms with Crippen LogP contribution in [-0.4, -0.2) is 43.5 Å². The summed E-state index contributed by atoms with van der Waals surface area (Å²) in [6, 6.07) is 18.6. The first-order valence-electron chi connectivity index (χ1n) is 9.16. The molecule has 2 aromatic rings. The minimum Gasteiger partial charge on any atom is -0.369 e. The molecule has 0 atom stereocenters. The van der Waals surface area contributed by atoms with E-state index in [1.54, 1.807) is 0 Å². The van der Waals surface area contributed by atoms with Crippen molar-refractivity contribution in [3.63, 3.8) is 0 Å². The number of rotatable bonds is 6. The number of nitrogens with zero attached hydrogens (tertiary/aromatic N) is 2. The van der Waals surface area contributed by atoms with Gasteiger partial charge in [-0.1, -0.05) is 37.3 Å². The molecular weight excluding hydrogens is 310 g/mol. The van der Waals surface area contributed by atoms with Gasteiger partial charge in [0.25, 0.3) is 0 Å². The normalized spacial score (nSPS) is 15.2. The fraction of sp³-hybridized carbons (Fsp3) is 0.381. The molecule has 1 aliphatic heterocycles. The van der Waals surface area contributed by atoms with Gasteiger partial charge in [0, 0.05) is 50.5 Å². The van der Waals surface area contributed by atoms with Crippen molar-refractivity contribution in [1.29, 1.82) is 0 Å². The highest BCUT2D eigenvalue weighted by molar-refractivity contribution is 5.90. The van der Waals surface area contributed by atoms with Crippen LogP contribution in [0.3, 0.4) is 0 Å². The first kappa shape index (κ1) is 17.5. The number of nitrogens with one attached hydrogen (secondary N) is 1. The van der Waals surface area contributed by atoms with Crippen molar-refractivity contribution in [3.05, 3.63) is 60.2 Å². The monoisotopic (exact) mass is 337 g/mol. The number of piperazine rings is 1. The fourth-order valence-corrected chi connectivity index (χ4v) is 3.18. The van der Waals surface area contributed by atoms with Gasteiger partial charge in [0.2, 0.25) is 5.91 Å². The number of aryl methyl sites for hydroxylation is 1. The van der Waals surface area contributed by atoms with Gasteiger partial charge in [-0.05, 0) is 36.2 Å². The van der Waals surface area contributed by atoms with Crippen molar-refractivity contribution >= 4 is 17.3 Å². The minimum atomic E-state index is 0.0923. The summed E-state index contributed by atoms with van der Waals surface area (Å²) in [5.74, 6) is 0.0923. The number of carbonyl (C=O) groups is 1. The molecule has 4 nitrogen and oxygen atoms in total. The van der Waals surface area contributed by atoms with E-state index in [-0.39, 0.29) is 5.91 Å². The second-order valence-electron chi connectivity index (χ2n) is 6.51. The molecule has 1 N–H and O–H groups in total. The van der Waals surface area contributed by atoms with E-state index in [0.29, 0.717) is 6.42 Å². The molecule has 0 aromatic heterocycles. The maximum Gasteiger partial charge on any atom is 0.225 e. The zero-order valence-corrected chi connectivity index (χ0v) is 14.9. The Labute approximate surface area is 150 Å². The van der Waals surface area contributed by atoms with E-state index in [0.717, 1.165) is 44.8 Å². The number of hydrogen-bond acceptors (Lipinski definition) is 3. The number of benzene rings is 2. The Bertz CT molecular complexity index is 661. The number of carbonyl (C=O) groups excluding carboxylic acids is 1. The van der Waals surface area contributed by atoms with Gasteiger partial charge in [-0.15, -0.1) is 0 Å². The van der Waals surface area contributed by atoms with E-state index in [1.165, 1.54) is 11.3 Å². The summed E-state index contributed by atoms with van der Waals surface area (Å²) in [6.07, 6.45) is 1.56. The number of amides is 1. The molecule has 2 aromatic carbocycles. The smallest absolute Gasteiger partial charge is 0.225 e. The lowest BCUT2D eigenvalue weighted by Crippen LogP contribution is -2.47. The van der Waals surface area contributed by atoms with Gasteiger partial charge >= 0.3 is 0 Å². The van der Waals surface area contributed by atoms with Crippen molar-refractivity contribution in [3.8, 4) is 0 Å². The molecule has 0 unspecified atom stereocenters. The van der Waals surface area contributed by atoms with Crippen LogP contribution in [-0.2, 0) is 11.2 Å². The molecule has 132 valence electrons. The Hall–Kier alpha value is -2.33. The SMILES string of the molecule is CCc1ccc(NC(=O)CCN2CCN(c3ccccc3)CC2)cc1. The zero-order valence-electron chi connectivity index (χ0n) is 14.9. The summed E-state index contributed by atoms with van der Waals surface area (Å²) in [6.45, 7) is 7.00. The third kappa shape index (κ3) is 5.07. The van der Waals surface area contributed by atoms with E-state index in [4.69, 9.17) is 0 Å². The Kier molecular flexibility index (Phi) is 6.07. The van der Waals surface area contributed by atoms with E-state index < -0.39 is 0 Å². The average Bonchev–Trinajstić information content (AvgIpc) is 2.68. The van der Waals surface area contributed by atoms with Gasteiger partial charge in [0.1, 0.15) is 0 Å². The Balaban J connectivity index is 1.39. The molecule has 0 saturated carbocycles. The molecule has 0 bridgehead atoms. The van der Waals surface area contributed by atoms with Crippen molar-refractivity contribution in [2.45, 2.75) is 19.8 Å². The molecule has 0 spiro atoms. The van der Waals surface area contributed by atoms with Crippen molar-refractivity contribution in [2.75, 3.05) is 42.9 Å². The maximum atomic E-state index is 12.1. The highest BCUT2D eigenvalue weighted by Gasteiger charge is 2.17. The van der Waals surface area contributed by atoms with Crippen LogP contribution in [0.2, 0.25) is 0 Å². The van der Waals surface area contributed by atoms with E-state index >= 15 is 0 Å². The third-order valence-corrected chi connectivity index (χ3v) is 4.79. The summed E-state index contributed by atoms with van der Waals surface area (Å²) in [7, 11) is 0. The van der Waals surface area contributed by atoms with Gasteiger partial charge in [0.15, 0.2) is 0 Å². The quantitative estimate of drug-likeness (QED) is 0.877. The standard InChI is InChI=1S/C21H27N3O/c1-2-18-8-10-19(11-9-18)22-21(25)12-13-23-14-16-24(17-15-23)20-6-4-3-5-7-20/h3-11H,2,12-17H2,1H3,(H,22,25). The predicted octanol–water partition coefficient (Wildman–Crippen LogP) is 3.40. The molecule has 1 saturated heterocycles. The molecule has 1 fully saturated rings. The Morgan fingerprint density at radius 2 is 1.64 bits per heavy atom. The van der Waals surface area contributed by atoms with E-state index in [2.05, 4.69) is 58.4 Å². The molecule has 4 heteroatoms. The molecule has 0 radical (unpaired) electrons.